The van der Waals surface area contributed by atoms with Crippen LogP contribution >= 0.6 is 11.6 Å². The largest absolute Gasteiger partial charge is 0.324 e. The summed E-state index contributed by atoms with van der Waals surface area (Å²) in [5, 5.41) is 0.809. The second-order valence-electron chi connectivity index (χ2n) is 3.44. The van der Waals surface area contributed by atoms with Crippen LogP contribution in [0.3, 0.4) is 0 Å². The SMILES string of the molecule is Cc1cc(Cl)cc2c1CC[C@@H]2N. The van der Waals surface area contributed by atoms with Gasteiger partial charge in [-0.25, -0.2) is 0 Å². The van der Waals surface area contributed by atoms with Gasteiger partial charge in [-0.3, -0.25) is 0 Å². The molecule has 0 aliphatic heterocycles. The van der Waals surface area contributed by atoms with Crippen LogP contribution < -0.4 is 5.73 Å². The summed E-state index contributed by atoms with van der Waals surface area (Å²) in [6.07, 6.45) is 2.18. The Morgan fingerprint density at radius 1 is 1.50 bits per heavy atom. The minimum atomic E-state index is 0.206. The van der Waals surface area contributed by atoms with Gasteiger partial charge in [0.15, 0.2) is 0 Å². The number of nitrogens with two attached hydrogens (primary N) is 1. The molecule has 0 aromatic heterocycles. The van der Waals surface area contributed by atoms with Crippen LogP contribution in [0.5, 0.6) is 0 Å². The molecule has 2 rings (SSSR count). The van der Waals surface area contributed by atoms with Gasteiger partial charge in [-0.15, -0.1) is 0 Å². The molecule has 0 fully saturated rings. The summed E-state index contributed by atoms with van der Waals surface area (Å²) in [5.74, 6) is 0. The topological polar surface area (TPSA) is 26.0 Å². The van der Waals surface area contributed by atoms with E-state index in [1.165, 1.54) is 16.7 Å². The van der Waals surface area contributed by atoms with E-state index in [2.05, 4.69) is 6.92 Å². The first-order valence-corrected chi connectivity index (χ1v) is 4.61. The van der Waals surface area contributed by atoms with Crippen molar-refractivity contribution in [1.82, 2.24) is 0 Å². The van der Waals surface area contributed by atoms with Crippen molar-refractivity contribution in [3.63, 3.8) is 0 Å². The molecule has 0 unspecified atom stereocenters. The molecule has 1 aromatic rings. The van der Waals surface area contributed by atoms with Crippen LogP contribution in [-0.4, -0.2) is 0 Å². The standard InChI is InChI=1S/C10H12ClN/c1-6-4-7(11)5-9-8(6)2-3-10(9)12/h4-5,10H,2-3,12H2,1H3/t10-/m0/s1. The van der Waals surface area contributed by atoms with E-state index in [9.17, 15) is 0 Å². The van der Waals surface area contributed by atoms with Gasteiger partial charge in [0.05, 0.1) is 0 Å². The highest BCUT2D eigenvalue weighted by molar-refractivity contribution is 6.30. The summed E-state index contributed by atoms with van der Waals surface area (Å²) in [6, 6.07) is 4.22. The Balaban J connectivity index is 2.60. The summed E-state index contributed by atoms with van der Waals surface area (Å²) >= 11 is 5.94. The summed E-state index contributed by atoms with van der Waals surface area (Å²) in [5.41, 5.74) is 9.87. The number of halogens is 1. The predicted molar refractivity (Wildman–Crippen MR) is 51.4 cm³/mol. The third kappa shape index (κ3) is 1.13. The maximum absolute atomic E-state index is 5.94. The predicted octanol–water partition coefficient (Wildman–Crippen LogP) is 2.59. The van der Waals surface area contributed by atoms with Crippen LogP contribution in [0.15, 0.2) is 12.1 Å². The first kappa shape index (κ1) is 8.09. The molecule has 0 saturated heterocycles. The van der Waals surface area contributed by atoms with E-state index in [1.54, 1.807) is 0 Å². The van der Waals surface area contributed by atoms with Gasteiger partial charge in [0.2, 0.25) is 0 Å². The molecule has 1 aromatic carbocycles. The van der Waals surface area contributed by atoms with Crippen molar-refractivity contribution in [2.75, 3.05) is 0 Å². The van der Waals surface area contributed by atoms with Gasteiger partial charge in [0, 0.05) is 11.1 Å². The van der Waals surface area contributed by atoms with Crippen LogP contribution in [0.4, 0.5) is 0 Å². The Labute approximate surface area is 77.5 Å². The van der Waals surface area contributed by atoms with E-state index in [0.29, 0.717) is 0 Å². The first-order chi connectivity index (χ1) is 5.68. The van der Waals surface area contributed by atoms with E-state index in [1.807, 2.05) is 12.1 Å². The summed E-state index contributed by atoms with van der Waals surface area (Å²) in [4.78, 5) is 0. The van der Waals surface area contributed by atoms with Crippen molar-refractivity contribution in [3.05, 3.63) is 33.8 Å². The zero-order chi connectivity index (χ0) is 8.72. The molecule has 1 nitrogen and oxygen atoms in total. The number of aryl methyl sites for hydroxylation is 1. The summed E-state index contributed by atoms with van der Waals surface area (Å²) in [7, 11) is 0. The average Bonchev–Trinajstić information content (AvgIpc) is 2.33. The van der Waals surface area contributed by atoms with Crippen LogP contribution in [0.2, 0.25) is 5.02 Å². The first-order valence-electron chi connectivity index (χ1n) is 4.23. The Hall–Kier alpha value is -0.530. The summed E-state index contributed by atoms with van der Waals surface area (Å²) in [6.45, 7) is 2.10. The molecule has 1 aliphatic carbocycles. The van der Waals surface area contributed by atoms with Crippen LogP contribution in [-0.2, 0) is 6.42 Å². The zero-order valence-corrected chi connectivity index (χ0v) is 7.86. The van der Waals surface area contributed by atoms with Gasteiger partial charge < -0.3 is 5.73 Å². The molecule has 0 amide bonds. The molecule has 0 radical (unpaired) electrons. The van der Waals surface area contributed by atoms with Crippen molar-refractivity contribution in [2.24, 2.45) is 5.73 Å². The highest BCUT2D eigenvalue weighted by atomic mass is 35.5. The third-order valence-corrected chi connectivity index (χ3v) is 2.80. The van der Waals surface area contributed by atoms with Gasteiger partial charge in [-0.2, -0.15) is 0 Å². The highest BCUT2D eigenvalue weighted by Crippen LogP contribution is 2.33. The fourth-order valence-electron chi connectivity index (χ4n) is 1.93. The van der Waals surface area contributed by atoms with Gasteiger partial charge in [-0.1, -0.05) is 11.6 Å². The molecule has 64 valence electrons. The van der Waals surface area contributed by atoms with Crippen molar-refractivity contribution >= 4 is 11.6 Å². The second-order valence-corrected chi connectivity index (χ2v) is 3.87. The number of hydrogen-bond donors (Lipinski definition) is 1. The average molecular weight is 182 g/mol. The monoisotopic (exact) mass is 181 g/mol. The maximum Gasteiger partial charge on any atom is 0.0412 e. The van der Waals surface area contributed by atoms with Gasteiger partial charge >= 0.3 is 0 Å². The van der Waals surface area contributed by atoms with E-state index in [4.69, 9.17) is 17.3 Å². The lowest BCUT2D eigenvalue weighted by Crippen LogP contribution is -2.05. The van der Waals surface area contributed by atoms with E-state index >= 15 is 0 Å². The van der Waals surface area contributed by atoms with Crippen LogP contribution in [0.1, 0.15) is 29.2 Å². The quantitative estimate of drug-likeness (QED) is 0.654. The van der Waals surface area contributed by atoms with Crippen LogP contribution in [0, 0.1) is 6.92 Å². The normalized spacial score (nSPS) is 21.1. The van der Waals surface area contributed by atoms with Crippen molar-refractivity contribution in [3.8, 4) is 0 Å². The molecule has 12 heavy (non-hydrogen) atoms. The molecule has 1 atom stereocenters. The lowest BCUT2D eigenvalue weighted by Gasteiger charge is -2.07. The van der Waals surface area contributed by atoms with E-state index in [0.717, 1.165) is 17.9 Å². The van der Waals surface area contributed by atoms with Gasteiger partial charge in [0.25, 0.3) is 0 Å². The Bertz CT molecular complexity index is 320. The highest BCUT2D eigenvalue weighted by Gasteiger charge is 2.20. The Morgan fingerprint density at radius 2 is 2.25 bits per heavy atom. The smallest absolute Gasteiger partial charge is 0.0412 e. The van der Waals surface area contributed by atoms with E-state index in [-0.39, 0.29) is 6.04 Å². The minimum absolute atomic E-state index is 0.206. The van der Waals surface area contributed by atoms with Gasteiger partial charge in [0.1, 0.15) is 0 Å². The van der Waals surface area contributed by atoms with Gasteiger partial charge in [-0.05, 0) is 48.6 Å². The molecular formula is C10H12ClN. The van der Waals surface area contributed by atoms with Crippen molar-refractivity contribution in [2.45, 2.75) is 25.8 Å². The fraction of sp³-hybridized carbons (Fsp3) is 0.400. The lowest BCUT2D eigenvalue weighted by atomic mass is 10.0. The molecule has 0 bridgehead atoms. The number of fused-ring (bicyclic) bond motifs is 1. The Morgan fingerprint density at radius 3 is 3.00 bits per heavy atom. The molecule has 1 aliphatic rings. The van der Waals surface area contributed by atoms with Crippen molar-refractivity contribution < 1.29 is 0 Å². The molecule has 2 heteroatoms. The number of benzene rings is 1. The molecule has 0 spiro atoms. The fourth-order valence-corrected chi connectivity index (χ4v) is 2.21. The number of rotatable bonds is 0. The summed E-state index contributed by atoms with van der Waals surface area (Å²) < 4.78 is 0. The maximum atomic E-state index is 5.94. The molecule has 0 heterocycles. The van der Waals surface area contributed by atoms with E-state index < -0.39 is 0 Å². The van der Waals surface area contributed by atoms with Crippen LogP contribution in [0.25, 0.3) is 0 Å². The minimum Gasteiger partial charge on any atom is -0.324 e. The molecule has 0 saturated carbocycles. The molecule has 2 N–H and O–H groups in total. The third-order valence-electron chi connectivity index (χ3n) is 2.58. The van der Waals surface area contributed by atoms with Crippen molar-refractivity contribution in [1.29, 1.82) is 0 Å². The molecular weight excluding hydrogens is 170 g/mol. The zero-order valence-electron chi connectivity index (χ0n) is 7.10. The Kier molecular flexibility index (Phi) is 1.85. The second kappa shape index (κ2) is 2.75. The number of hydrogen-bond acceptors (Lipinski definition) is 1. The lowest BCUT2D eigenvalue weighted by molar-refractivity contribution is 0.713.